The maximum atomic E-state index is 12.6. The number of carboxylic acid groups (broad SMARTS) is 2. The van der Waals surface area contributed by atoms with Crippen LogP contribution in [0.3, 0.4) is 0 Å². The first-order chi connectivity index (χ1) is 13.6. The van der Waals surface area contributed by atoms with Gasteiger partial charge in [-0.05, 0) is 30.8 Å². The number of nitrogens with one attached hydrogen (secondary N) is 1. The van der Waals surface area contributed by atoms with E-state index in [0.717, 1.165) is 5.57 Å². The van der Waals surface area contributed by atoms with Crippen LogP contribution < -0.4 is 5.32 Å². The van der Waals surface area contributed by atoms with Crippen molar-refractivity contribution >= 4 is 17.9 Å². The van der Waals surface area contributed by atoms with Crippen LogP contribution in [0.2, 0.25) is 0 Å². The molecule has 160 valence electrons. The molecule has 0 aromatic heterocycles. The lowest BCUT2D eigenvalue weighted by Crippen LogP contribution is -2.44. The number of ether oxygens (including phenoxy) is 1. The van der Waals surface area contributed by atoms with Crippen LogP contribution in [0.15, 0.2) is 24.3 Å². The highest BCUT2D eigenvalue weighted by atomic mass is 16.6. The molecule has 0 unspecified atom stereocenters. The van der Waals surface area contributed by atoms with E-state index in [2.05, 4.69) is 18.5 Å². The smallest absolute Gasteiger partial charge is 0.320 e. The van der Waals surface area contributed by atoms with Gasteiger partial charge in [0, 0.05) is 24.8 Å². The fraction of sp³-hybridized carbons (Fsp3) is 0.650. The number of carbonyl (C=O) groups is 3. The van der Waals surface area contributed by atoms with Crippen molar-refractivity contribution in [3.05, 3.63) is 24.3 Å². The number of hydrogen-bond acceptors (Lipinski definition) is 7. The van der Waals surface area contributed by atoms with Crippen molar-refractivity contribution in [1.29, 1.82) is 0 Å². The Hall–Kier alpha value is -2.23. The molecule has 0 aromatic rings. The Kier molecular flexibility index (Phi) is 6.11. The summed E-state index contributed by atoms with van der Waals surface area (Å²) in [6, 6.07) is -1.13. The highest BCUT2D eigenvalue weighted by molar-refractivity contribution is 5.77. The van der Waals surface area contributed by atoms with Gasteiger partial charge in [-0.15, -0.1) is 0 Å². The molecule has 3 aliphatic rings. The summed E-state index contributed by atoms with van der Waals surface area (Å²) in [5.41, 5.74) is 1.34. The Bertz CT molecular complexity index is 734. The summed E-state index contributed by atoms with van der Waals surface area (Å²) in [6.07, 6.45) is -2.06. The van der Waals surface area contributed by atoms with Crippen LogP contribution >= 0.6 is 0 Å². The summed E-state index contributed by atoms with van der Waals surface area (Å²) in [6.45, 7) is 7.94. The van der Waals surface area contributed by atoms with Crippen LogP contribution in [0.1, 0.15) is 25.7 Å². The molecule has 0 amide bonds. The van der Waals surface area contributed by atoms with Gasteiger partial charge in [0.05, 0.1) is 18.1 Å². The summed E-state index contributed by atoms with van der Waals surface area (Å²) >= 11 is 0. The van der Waals surface area contributed by atoms with Crippen LogP contribution in [0.5, 0.6) is 0 Å². The van der Waals surface area contributed by atoms with E-state index in [1.165, 1.54) is 0 Å². The Morgan fingerprint density at radius 2 is 1.93 bits per heavy atom. The minimum absolute atomic E-state index is 0.0630. The van der Waals surface area contributed by atoms with Crippen LogP contribution in [0, 0.1) is 23.7 Å². The summed E-state index contributed by atoms with van der Waals surface area (Å²) in [5.74, 6) is -4.73. The molecule has 3 rings (SSSR count). The van der Waals surface area contributed by atoms with Gasteiger partial charge in [-0.3, -0.25) is 14.4 Å². The lowest BCUT2D eigenvalue weighted by Gasteiger charge is -2.28. The quantitative estimate of drug-likeness (QED) is 0.287. The Morgan fingerprint density at radius 3 is 2.55 bits per heavy atom. The number of carboxylic acids is 2. The summed E-state index contributed by atoms with van der Waals surface area (Å²) in [4.78, 5) is 34.7. The normalized spacial score (nSPS) is 37.4. The van der Waals surface area contributed by atoms with E-state index in [9.17, 15) is 29.7 Å². The topological polar surface area (TPSA) is 153 Å². The fourth-order valence-corrected chi connectivity index (χ4v) is 4.99. The Labute approximate surface area is 168 Å². The average molecular weight is 409 g/mol. The molecule has 9 heteroatoms. The van der Waals surface area contributed by atoms with E-state index in [1.807, 2.05) is 0 Å². The molecule has 8 atom stereocenters. The first kappa shape index (κ1) is 21.5. The molecular weight excluding hydrogens is 382 g/mol. The van der Waals surface area contributed by atoms with E-state index in [-0.39, 0.29) is 37.6 Å². The number of hydrogen-bond donors (Lipinski definition) is 5. The highest BCUT2D eigenvalue weighted by Gasteiger charge is 2.57. The second kappa shape index (κ2) is 8.25. The zero-order valence-electron chi connectivity index (χ0n) is 16.0. The number of aliphatic hydroxyl groups excluding tert-OH is 2. The maximum Gasteiger partial charge on any atom is 0.320 e. The molecule has 2 saturated carbocycles. The number of rotatable bonds is 7. The number of carbonyl (C=O) groups excluding carboxylic acids is 1. The molecule has 3 fully saturated rings. The molecule has 5 N–H and O–H groups in total. The predicted octanol–water partition coefficient (Wildman–Crippen LogP) is -0.0742. The molecular formula is C20H27NO8. The van der Waals surface area contributed by atoms with Crippen LogP contribution in [0.4, 0.5) is 0 Å². The van der Waals surface area contributed by atoms with Gasteiger partial charge in [-0.25, -0.2) is 0 Å². The molecule has 2 aliphatic carbocycles. The second-order valence-electron chi connectivity index (χ2n) is 8.21. The van der Waals surface area contributed by atoms with E-state index < -0.39 is 54.1 Å². The summed E-state index contributed by atoms with van der Waals surface area (Å²) in [7, 11) is 0. The van der Waals surface area contributed by atoms with Crippen molar-refractivity contribution in [2.24, 2.45) is 23.7 Å². The van der Waals surface area contributed by atoms with Gasteiger partial charge in [0.2, 0.25) is 0 Å². The van der Waals surface area contributed by atoms with Crippen LogP contribution in [-0.4, -0.2) is 69.2 Å². The van der Waals surface area contributed by atoms with Gasteiger partial charge in [-0.2, -0.15) is 0 Å². The third-order valence-corrected chi connectivity index (χ3v) is 6.49. The molecule has 1 heterocycles. The van der Waals surface area contributed by atoms with Crippen molar-refractivity contribution in [3.63, 3.8) is 0 Å². The fourth-order valence-electron chi connectivity index (χ4n) is 4.99. The van der Waals surface area contributed by atoms with Gasteiger partial charge in [-0.1, -0.05) is 18.7 Å². The van der Waals surface area contributed by atoms with E-state index in [4.69, 9.17) is 9.84 Å². The molecule has 1 saturated heterocycles. The number of aliphatic hydroxyl groups is 2. The van der Waals surface area contributed by atoms with Gasteiger partial charge in [0.25, 0.3) is 0 Å². The minimum atomic E-state index is -1.21. The lowest BCUT2D eigenvalue weighted by molar-refractivity contribution is -0.146. The SMILES string of the molecule is C=C1[C@@H]2[C@@H]3OC(=O)[C@@H](CN[C@@H](CCC(=O)O)C(=O)O)[C@@H]3[C@@H](O)CC(=C)[C@@H]2C[C@@H]1O. The summed E-state index contributed by atoms with van der Waals surface area (Å²) in [5, 5.41) is 41.8. The van der Waals surface area contributed by atoms with Crippen LogP contribution in [0.25, 0.3) is 0 Å². The van der Waals surface area contributed by atoms with Crippen LogP contribution in [-0.2, 0) is 19.1 Å². The molecule has 0 radical (unpaired) electrons. The first-order valence-electron chi connectivity index (χ1n) is 9.72. The zero-order chi connectivity index (χ0) is 21.5. The standard InChI is InChI=1S/C20H27NO8/c1-8-5-14(23)17-11(7-21-12(19(26)27)3-4-15(24)25)20(28)29-18(17)16-9(2)13(22)6-10(8)16/h10-14,16-18,21-23H,1-7H2,(H,24,25)(H,26,27)/t10-,11-,12-,13-,14-,16-,17+,18-/m0/s1. The lowest BCUT2D eigenvalue weighted by atomic mass is 9.78. The third-order valence-electron chi connectivity index (χ3n) is 6.49. The molecule has 9 nitrogen and oxygen atoms in total. The van der Waals surface area contributed by atoms with E-state index >= 15 is 0 Å². The predicted molar refractivity (Wildman–Crippen MR) is 99.7 cm³/mol. The van der Waals surface area contributed by atoms with Crippen molar-refractivity contribution in [2.75, 3.05) is 6.54 Å². The van der Waals surface area contributed by atoms with E-state index in [1.54, 1.807) is 0 Å². The van der Waals surface area contributed by atoms with Gasteiger partial charge in [0.15, 0.2) is 0 Å². The zero-order valence-corrected chi connectivity index (χ0v) is 16.0. The van der Waals surface area contributed by atoms with Gasteiger partial charge < -0.3 is 30.5 Å². The molecule has 0 spiro atoms. The highest BCUT2D eigenvalue weighted by Crippen LogP contribution is 2.52. The van der Waals surface area contributed by atoms with Crippen molar-refractivity contribution in [2.45, 2.75) is 50.0 Å². The van der Waals surface area contributed by atoms with Crippen molar-refractivity contribution in [3.8, 4) is 0 Å². The minimum Gasteiger partial charge on any atom is -0.481 e. The Balaban J connectivity index is 1.78. The molecule has 0 bridgehead atoms. The number of aliphatic carboxylic acids is 2. The Morgan fingerprint density at radius 1 is 1.24 bits per heavy atom. The third kappa shape index (κ3) is 4.08. The second-order valence-corrected chi connectivity index (χ2v) is 8.21. The number of fused-ring (bicyclic) bond motifs is 3. The molecule has 29 heavy (non-hydrogen) atoms. The summed E-state index contributed by atoms with van der Waals surface area (Å²) < 4.78 is 5.61. The average Bonchev–Trinajstić information content (AvgIpc) is 3.07. The largest absolute Gasteiger partial charge is 0.481 e. The first-order valence-corrected chi connectivity index (χ1v) is 9.72. The van der Waals surface area contributed by atoms with E-state index in [0.29, 0.717) is 12.0 Å². The number of esters is 1. The maximum absolute atomic E-state index is 12.6. The molecule has 0 aromatic carbocycles. The van der Waals surface area contributed by atoms with Crippen molar-refractivity contribution in [1.82, 2.24) is 5.32 Å². The van der Waals surface area contributed by atoms with Gasteiger partial charge >= 0.3 is 17.9 Å². The monoisotopic (exact) mass is 409 g/mol. The molecule has 1 aliphatic heterocycles. The van der Waals surface area contributed by atoms with Crippen molar-refractivity contribution < 1.29 is 39.5 Å². The van der Waals surface area contributed by atoms with Gasteiger partial charge in [0.1, 0.15) is 12.1 Å².